The first-order valence-electron chi connectivity index (χ1n) is 4.84. The Balaban J connectivity index is 2.11. The second-order valence-corrected chi connectivity index (χ2v) is 4.76. The molecule has 0 bridgehead atoms. The quantitative estimate of drug-likeness (QED) is 0.773. The Morgan fingerprint density at radius 3 is 2.93 bits per heavy atom. The number of nitrogens with zero attached hydrogens (tertiary/aromatic N) is 2. The Bertz CT molecular complexity index is 324. The molecule has 0 aromatic carbocycles. The Morgan fingerprint density at radius 1 is 1.79 bits per heavy atom. The van der Waals surface area contributed by atoms with Crippen LogP contribution in [0.4, 0.5) is 0 Å². The number of aryl methyl sites for hydroxylation is 1. The zero-order valence-electron chi connectivity index (χ0n) is 8.11. The molecule has 2 rings (SSSR count). The van der Waals surface area contributed by atoms with Crippen molar-refractivity contribution < 1.29 is 4.79 Å². The molecule has 0 aliphatic heterocycles. The van der Waals surface area contributed by atoms with Crippen molar-refractivity contribution >= 4 is 22.2 Å². The van der Waals surface area contributed by atoms with Crippen LogP contribution in [0.25, 0.3) is 0 Å². The zero-order valence-corrected chi connectivity index (χ0v) is 9.70. The largest absolute Gasteiger partial charge is 0.303 e. The van der Waals surface area contributed by atoms with Crippen molar-refractivity contribution in [1.29, 1.82) is 0 Å². The van der Waals surface area contributed by atoms with Crippen molar-refractivity contribution in [2.24, 2.45) is 18.9 Å². The third-order valence-electron chi connectivity index (χ3n) is 2.84. The van der Waals surface area contributed by atoms with Gasteiger partial charge in [0.1, 0.15) is 6.29 Å². The summed E-state index contributed by atoms with van der Waals surface area (Å²) in [4.78, 5) is 10.9. The standard InChI is InChI=1S/C10H13BrN2O/c1-13-10(9(11)5-12-13)4-8(6-14)7-2-3-7/h5-8H,2-4H2,1H3. The number of carbonyl (C=O) groups is 1. The van der Waals surface area contributed by atoms with Crippen molar-refractivity contribution in [2.75, 3.05) is 0 Å². The molecule has 1 heterocycles. The van der Waals surface area contributed by atoms with Gasteiger partial charge in [-0.05, 0) is 34.7 Å². The second-order valence-electron chi connectivity index (χ2n) is 3.90. The first-order chi connectivity index (χ1) is 6.72. The highest BCUT2D eigenvalue weighted by molar-refractivity contribution is 9.10. The summed E-state index contributed by atoms with van der Waals surface area (Å²) in [5, 5.41) is 4.14. The minimum absolute atomic E-state index is 0.182. The van der Waals surface area contributed by atoms with Crippen LogP contribution < -0.4 is 0 Å². The maximum Gasteiger partial charge on any atom is 0.123 e. The molecule has 0 spiro atoms. The number of rotatable bonds is 4. The third kappa shape index (κ3) is 1.90. The molecule has 76 valence electrons. The van der Waals surface area contributed by atoms with E-state index in [-0.39, 0.29) is 5.92 Å². The molecule has 1 fully saturated rings. The molecular weight excluding hydrogens is 244 g/mol. The lowest BCUT2D eigenvalue weighted by molar-refractivity contribution is -0.111. The number of hydrogen-bond donors (Lipinski definition) is 0. The minimum Gasteiger partial charge on any atom is -0.303 e. The summed E-state index contributed by atoms with van der Waals surface area (Å²) in [6.45, 7) is 0. The smallest absolute Gasteiger partial charge is 0.123 e. The van der Waals surface area contributed by atoms with Gasteiger partial charge >= 0.3 is 0 Å². The molecular formula is C10H13BrN2O. The Kier molecular flexibility index (Phi) is 2.72. The third-order valence-corrected chi connectivity index (χ3v) is 3.50. The molecule has 4 heteroatoms. The van der Waals surface area contributed by atoms with Crippen LogP contribution in [0.3, 0.4) is 0 Å². The van der Waals surface area contributed by atoms with Gasteiger partial charge in [-0.1, -0.05) is 0 Å². The van der Waals surface area contributed by atoms with Crippen LogP contribution in [-0.4, -0.2) is 16.1 Å². The Labute approximate surface area is 91.6 Å². The van der Waals surface area contributed by atoms with E-state index in [9.17, 15) is 4.79 Å². The van der Waals surface area contributed by atoms with Gasteiger partial charge in [0, 0.05) is 19.4 Å². The van der Waals surface area contributed by atoms with Crippen LogP contribution in [0.2, 0.25) is 0 Å². The molecule has 1 aliphatic rings. The first kappa shape index (κ1) is 9.90. The van der Waals surface area contributed by atoms with Gasteiger partial charge < -0.3 is 4.79 Å². The van der Waals surface area contributed by atoms with E-state index in [0.717, 1.165) is 22.9 Å². The van der Waals surface area contributed by atoms with Crippen LogP contribution in [0.1, 0.15) is 18.5 Å². The topological polar surface area (TPSA) is 34.9 Å². The molecule has 1 saturated carbocycles. The predicted octanol–water partition coefficient (Wildman–Crippen LogP) is 1.95. The fourth-order valence-electron chi connectivity index (χ4n) is 1.74. The number of hydrogen-bond acceptors (Lipinski definition) is 2. The van der Waals surface area contributed by atoms with Crippen molar-refractivity contribution in [3.8, 4) is 0 Å². The summed E-state index contributed by atoms with van der Waals surface area (Å²) >= 11 is 3.45. The molecule has 1 atom stereocenters. The molecule has 0 N–H and O–H groups in total. The van der Waals surface area contributed by atoms with Crippen LogP contribution in [0.5, 0.6) is 0 Å². The van der Waals surface area contributed by atoms with E-state index in [1.165, 1.54) is 12.8 Å². The SMILES string of the molecule is Cn1ncc(Br)c1CC(C=O)C1CC1. The summed E-state index contributed by atoms with van der Waals surface area (Å²) < 4.78 is 2.84. The number of aromatic nitrogens is 2. The fourth-order valence-corrected chi connectivity index (χ4v) is 2.25. The van der Waals surface area contributed by atoms with Gasteiger partial charge in [0.2, 0.25) is 0 Å². The minimum atomic E-state index is 0.182. The molecule has 1 unspecified atom stereocenters. The van der Waals surface area contributed by atoms with Crippen LogP contribution in [-0.2, 0) is 18.3 Å². The lowest BCUT2D eigenvalue weighted by atomic mass is 10.00. The van der Waals surface area contributed by atoms with E-state index in [2.05, 4.69) is 21.0 Å². The molecule has 14 heavy (non-hydrogen) atoms. The van der Waals surface area contributed by atoms with Crippen molar-refractivity contribution in [1.82, 2.24) is 9.78 Å². The molecule has 1 aromatic rings. The lowest BCUT2D eigenvalue weighted by Gasteiger charge is -2.09. The van der Waals surface area contributed by atoms with E-state index in [4.69, 9.17) is 0 Å². The molecule has 1 aromatic heterocycles. The number of halogens is 1. The van der Waals surface area contributed by atoms with Gasteiger partial charge in [0.15, 0.2) is 0 Å². The maximum atomic E-state index is 10.9. The van der Waals surface area contributed by atoms with Gasteiger partial charge in [-0.3, -0.25) is 4.68 Å². The van der Waals surface area contributed by atoms with Crippen LogP contribution in [0, 0.1) is 11.8 Å². The first-order valence-corrected chi connectivity index (χ1v) is 5.63. The average Bonchev–Trinajstić information content (AvgIpc) is 2.95. The normalized spacial score (nSPS) is 18.1. The monoisotopic (exact) mass is 256 g/mol. The number of aldehydes is 1. The van der Waals surface area contributed by atoms with Crippen LogP contribution in [0.15, 0.2) is 10.7 Å². The average molecular weight is 257 g/mol. The van der Waals surface area contributed by atoms with E-state index < -0.39 is 0 Å². The van der Waals surface area contributed by atoms with Gasteiger partial charge in [0.25, 0.3) is 0 Å². The lowest BCUT2D eigenvalue weighted by Crippen LogP contribution is -2.12. The highest BCUT2D eigenvalue weighted by atomic mass is 79.9. The van der Waals surface area contributed by atoms with Crippen molar-refractivity contribution in [2.45, 2.75) is 19.3 Å². The fraction of sp³-hybridized carbons (Fsp3) is 0.600. The van der Waals surface area contributed by atoms with E-state index >= 15 is 0 Å². The van der Waals surface area contributed by atoms with E-state index in [1.54, 1.807) is 6.20 Å². The van der Waals surface area contributed by atoms with Gasteiger partial charge in [-0.15, -0.1) is 0 Å². The van der Waals surface area contributed by atoms with E-state index in [0.29, 0.717) is 5.92 Å². The number of carbonyl (C=O) groups excluding carboxylic acids is 1. The summed E-state index contributed by atoms with van der Waals surface area (Å²) in [5.41, 5.74) is 1.12. The zero-order chi connectivity index (χ0) is 10.1. The van der Waals surface area contributed by atoms with E-state index in [1.807, 2.05) is 11.7 Å². The maximum absolute atomic E-state index is 10.9. The molecule has 0 radical (unpaired) electrons. The highest BCUT2D eigenvalue weighted by Crippen LogP contribution is 2.38. The van der Waals surface area contributed by atoms with Gasteiger partial charge in [-0.2, -0.15) is 5.10 Å². The molecule has 0 saturated heterocycles. The summed E-state index contributed by atoms with van der Waals surface area (Å²) in [6, 6.07) is 0. The molecule has 1 aliphatic carbocycles. The summed E-state index contributed by atoms with van der Waals surface area (Å²) in [5.74, 6) is 0.802. The Hall–Kier alpha value is -0.640. The van der Waals surface area contributed by atoms with Crippen molar-refractivity contribution in [3.63, 3.8) is 0 Å². The predicted molar refractivity (Wildman–Crippen MR) is 56.9 cm³/mol. The molecule has 0 amide bonds. The van der Waals surface area contributed by atoms with Gasteiger partial charge in [-0.25, -0.2) is 0 Å². The second kappa shape index (κ2) is 3.85. The van der Waals surface area contributed by atoms with Gasteiger partial charge in [0.05, 0.1) is 16.4 Å². The summed E-state index contributed by atoms with van der Waals surface area (Å²) in [6.07, 6.45) is 6.10. The molecule has 3 nitrogen and oxygen atoms in total. The highest BCUT2D eigenvalue weighted by Gasteiger charge is 2.31. The van der Waals surface area contributed by atoms with Crippen molar-refractivity contribution in [3.05, 3.63) is 16.4 Å². The summed E-state index contributed by atoms with van der Waals surface area (Å²) in [7, 11) is 1.91. The van der Waals surface area contributed by atoms with Crippen LogP contribution >= 0.6 is 15.9 Å². The Morgan fingerprint density at radius 2 is 2.50 bits per heavy atom.